The van der Waals surface area contributed by atoms with Crippen molar-refractivity contribution >= 4 is 34.4 Å². The number of aryl methyl sites for hydroxylation is 2. The number of nitrogens with one attached hydrogen (secondary N) is 2. The Bertz CT molecular complexity index is 1570. The highest BCUT2D eigenvalue weighted by atomic mass is 35.5. The number of piperidine rings is 1. The Morgan fingerprint density at radius 1 is 1.20 bits per heavy atom. The highest BCUT2D eigenvalue weighted by molar-refractivity contribution is 6.32. The Balaban J connectivity index is 1.55. The molecular formula is C30H32ClN5O4. The number of rotatable bonds is 8. The summed E-state index contributed by atoms with van der Waals surface area (Å²) >= 11 is 6.63. The van der Waals surface area contributed by atoms with E-state index >= 15 is 0 Å². The maximum atomic E-state index is 13.5. The molecule has 3 heterocycles. The van der Waals surface area contributed by atoms with E-state index in [-0.39, 0.29) is 18.2 Å². The topological polar surface area (TPSA) is 120 Å². The van der Waals surface area contributed by atoms with Gasteiger partial charge in [0.25, 0.3) is 5.56 Å². The van der Waals surface area contributed by atoms with Crippen LogP contribution in [0.5, 0.6) is 5.75 Å². The van der Waals surface area contributed by atoms with Crippen molar-refractivity contribution in [3.05, 3.63) is 81.0 Å². The molecule has 2 aromatic carbocycles. The molecule has 1 saturated heterocycles. The summed E-state index contributed by atoms with van der Waals surface area (Å²) in [5, 5.41) is 14.1. The second kappa shape index (κ2) is 12.0. The fourth-order valence-electron chi connectivity index (χ4n) is 5.43. The predicted molar refractivity (Wildman–Crippen MR) is 156 cm³/mol. The summed E-state index contributed by atoms with van der Waals surface area (Å²) in [6.45, 7) is 5.18. The number of halogens is 1. The summed E-state index contributed by atoms with van der Waals surface area (Å²) in [6.07, 6.45) is 5.39. The summed E-state index contributed by atoms with van der Waals surface area (Å²) in [7, 11) is 0. The van der Waals surface area contributed by atoms with Crippen LogP contribution in [0.4, 0.5) is 10.6 Å². The quantitative estimate of drug-likeness (QED) is 0.235. The molecular weight excluding hydrogens is 530 g/mol. The minimum atomic E-state index is -0.905. The van der Waals surface area contributed by atoms with E-state index in [1.54, 1.807) is 18.3 Å². The number of nitrogens with zero attached hydrogens (tertiary/aromatic N) is 3. The van der Waals surface area contributed by atoms with Gasteiger partial charge in [-0.3, -0.25) is 4.79 Å². The fourth-order valence-corrected chi connectivity index (χ4v) is 5.66. The molecule has 5 rings (SSSR count). The highest BCUT2D eigenvalue weighted by Gasteiger charge is 2.27. The number of hydrogen-bond donors (Lipinski definition) is 3. The smallest absolute Gasteiger partial charge is 0.407 e. The second-order valence-corrected chi connectivity index (χ2v) is 10.6. The molecule has 1 aliphatic rings. The molecule has 10 heteroatoms. The number of pyridine rings is 1. The number of aromatic nitrogens is 3. The molecule has 0 saturated carbocycles. The van der Waals surface area contributed by atoms with Gasteiger partial charge in [0.15, 0.2) is 0 Å². The lowest BCUT2D eigenvalue weighted by molar-refractivity contribution is 0.0969. The predicted octanol–water partition coefficient (Wildman–Crippen LogP) is 6.17. The number of likely N-dealkylation sites (tertiary alicyclic amines) is 1. The molecule has 9 nitrogen and oxygen atoms in total. The van der Waals surface area contributed by atoms with Gasteiger partial charge < -0.3 is 25.0 Å². The average Bonchev–Trinajstić information content (AvgIpc) is 2.92. The van der Waals surface area contributed by atoms with Crippen LogP contribution < -0.4 is 15.6 Å². The van der Waals surface area contributed by atoms with Crippen molar-refractivity contribution in [2.45, 2.75) is 52.1 Å². The largest absolute Gasteiger partial charge is 0.492 e. The monoisotopic (exact) mass is 561 g/mol. The van der Waals surface area contributed by atoms with Crippen molar-refractivity contribution in [1.29, 1.82) is 0 Å². The van der Waals surface area contributed by atoms with Gasteiger partial charge in [-0.25, -0.2) is 14.8 Å². The Kier molecular flexibility index (Phi) is 8.21. The number of H-pyrrole nitrogens is 1. The molecule has 0 bridgehead atoms. The third-order valence-electron chi connectivity index (χ3n) is 7.26. The van der Waals surface area contributed by atoms with Gasteiger partial charge in [-0.1, -0.05) is 40.9 Å². The normalized spacial score (nSPS) is 15.3. The Hall–Kier alpha value is -4.11. The van der Waals surface area contributed by atoms with E-state index in [1.807, 2.05) is 32.0 Å². The Labute approximate surface area is 237 Å². The van der Waals surface area contributed by atoms with Crippen LogP contribution in [0.3, 0.4) is 0 Å². The molecule has 1 fully saturated rings. The van der Waals surface area contributed by atoms with Crippen molar-refractivity contribution in [3.8, 4) is 16.9 Å². The van der Waals surface area contributed by atoms with E-state index in [0.29, 0.717) is 47.2 Å². The molecule has 1 atom stereocenters. The third-order valence-corrected chi connectivity index (χ3v) is 7.61. The lowest BCUT2D eigenvalue weighted by Gasteiger charge is -2.33. The van der Waals surface area contributed by atoms with Crippen LogP contribution >= 0.6 is 11.6 Å². The molecule has 1 unspecified atom stereocenters. The van der Waals surface area contributed by atoms with Crippen molar-refractivity contribution in [2.75, 3.05) is 18.5 Å². The summed E-state index contributed by atoms with van der Waals surface area (Å²) < 4.78 is 6.43. The lowest BCUT2D eigenvalue weighted by atomic mass is 9.98. The molecule has 0 radical (unpaired) electrons. The van der Waals surface area contributed by atoms with Gasteiger partial charge in [0.05, 0.1) is 17.7 Å². The van der Waals surface area contributed by atoms with E-state index in [2.05, 4.69) is 26.3 Å². The third kappa shape index (κ3) is 6.04. The van der Waals surface area contributed by atoms with Gasteiger partial charge in [0, 0.05) is 42.2 Å². The number of ether oxygens (including phenoxy) is 1. The van der Waals surface area contributed by atoms with E-state index in [1.165, 1.54) is 11.2 Å². The molecule has 208 valence electrons. The fraction of sp³-hybridized carbons (Fsp3) is 0.333. The highest BCUT2D eigenvalue weighted by Crippen LogP contribution is 2.37. The van der Waals surface area contributed by atoms with Gasteiger partial charge >= 0.3 is 6.09 Å². The van der Waals surface area contributed by atoms with Crippen molar-refractivity contribution in [3.63, 3.8) is 0 Å². The summed E-state index contributed by atoms with van der Waals surface area (Å²) in [6, 6.07) is 11.3. The van der Waals surface area contributed by atoms with Crippen LogP contribution in [-0.4, -0.2) is 50.2 Å². The number of hydrogen-bond acceptors (Lipinski definition) is 6. The van der Waals surface area contributed by atoms with Crippen LogP contribution in [0.15, 0.2) is 53.7 Å². The molecule has 40 heavy (non-hydrogen) atoms. The minimum Gasteiger partial charge on any atom is -0.492 e. The van der Waals surface area contributed by atoms with Crippen LogP contribution in [-0.2, 0) is 6.54 Å². The zero-order valence-electron chi connectivity index (χ0n) is 22.5. The zero-order valence-corrected chi connectivity index (χ0v) is 23.3. The second-order valence-electron chi connectivity index (χ2n) is 10.2. The molecule has 3 N–H and O–H groups in total. The molecule has 2 aromatic heterocycles. The van der Waals surface area contributed by atoms with Crippen LogP contribution in [0.25, 0.3) is 22.0 Å². The van der Waals surface area contributed by atoms with Crippen LogP contribution in [0.1, 0.15) is 42.4 Å². The molecule has 4 aromatic rings. The van der Waals surface area contributed by atoms with Crippen molar-refractivity contribution in [2.24, 2.45) is 0 Å². The number of carbonyl (C=O) groups is 1. The maximum Gasteiger partial charge on any atom is 0.407 e. The van der Waals surface area contributed by atoms with E-state index in [0.717, 1.165) is 46.9 Å². The number of carboxylic acid groups (broad SMARTS) is 1. The van der Waals surface area contributed by atoms with Gasteiger partial charge in [-0.2, -0.15) is 0 Å². The van der Waals surface area contributed by atoms with Crippen molar-refractivity contribution in [1.82, 2.24) is 19.9 Å². The van der Waals surface area contributed by atoms with Gasteiger partial charge in [0.1, 0.15) is 17.9 Å². The van der Waals surface area contributed by atoms with Crippen LogP contribution in [0, 0.1) is 13.8 Å². The molecule has 0 spiro atoms. The number of amides is 1. The first-order chi connectivity index (χ1) is 19.3. The van der Waals surface area contributed by atoms with Gasteiger partial charge in [-0.15, -0.1) is 0 Å². The first-order valence-electron chi connectivity index (χ1n) is 13.4. The Morgan fingerprint density at radius 3 is 2.73 bits per heavy atom. The van der Waals surface area contributed by atoms with Gasteiger partial charge in [0.2, 0.25) is 0 Å². The number of aromatic amines is 1. The Morgan fingerprint density at radius 2 is 2.00 bits per heavy atom. The van der Waals surface area contributed by atoms with E-state index < -0.39 is 6.09 Å². The summed E-state index contributed by atoms with van der Waals surface area (Å²) in [4.78, 5) is 37.9. The average molecular weight is 562 g/mol. The zero-order chi connectivity index (χ0) is 28.2. The van der Waals surface area contributed by atoms with Crippen molar-refractivity contribution < 1.29 is 14.6 Å². The summed E-state index contributed by atoms with van der Waals surface area (Å²) in [5.41, 5.74) is 4.36. The lowest BCUT2D eigenvalue weighted by Crippen LogP contribution is -2.43. The van der Waals surface area contributed by atoms with E-state index in [9.17, 15) is 14.7 Å². The molecule has 1 amide bonds. The number of fused-ring (bicyclic) bond motifs is 1. The SMILES string of the molecule is Cc1cc(C)cc(-c2c(OCCC3CCCCN3C(=O)O)c3cc(CNc4ccncn4)c(Cl)cc3[nH]c2=O)c1. The van der Waals surface area contributed by atoms with Gasteiger partial charge in [-0.05, 0) is 62.4 Å². The van der Waals surface area contributed by atoms with E-state index in [4.69, 9.17) is 16.3 Å². The first-order valence-corrected chi connectivity index (χ1v) is 13.8. The maximum absolute atomic E-state index is 13.5. The standard InChI is InChI=1S/C30H32ClN5O4/c1-18-11-19(2)13-20(12-18)27-28(40-10-7-22-5-3-4-9-36(22)30(38)39)23-14-21(16-33-26-6-8-32-17-34-26)24(31)15-25(23)35-29(27)37/h6,8,11-15,17,22H,3-5,7,9-10,16H2,1-2H3,(H,35,37)(H,38,39)(H,32,33,34). The number of anilines is 1. The summed E-state index contributed by atoms with van der Waals surface area (Å²) in [5.74, 6) is 1.12. The number of benzene rings is 2. The first kappa shape index (κ1) is 27.5. The van der Waals surface area contributed by atoms with Crippen LogP contribution in [0.2, 0.25) is 5.02 Å². The minimum absolute atomic E-state index is 0.119. The molecule has 0 aliphatic carbocycles. The molecule has 1 aliphatic heterocycles.